The highest BCUT2D eigenvalue weighted by Gasteiger charge is 2.12. The van der Waals surface area contributed by atoms with E-state index in [0.717, 1.165) is 5.56 Å². The van der Waals surface area contributed by atoms with E-state index in [4.69, 9.17) is 33.2 Å². The van der Waals surface area contributed by atoms with Crippen molar-refractivity contribution in [3.8, 4) is 6.07 Å². The number of nitrogens with zero attached hydrogens (tertiary/aromatic N) is 1. The number of hydrogen-bond donors (Lipinski definition) is 1. The Balaban J connectivity index is 2.01. The molecule has 0 unspecified atom stereocenters. The van der Waals surface area contributed by atoms with Crippen molar-refractivity contribution >= 4 is 35.0 Å². The molecule has 0 saturated heterocycles. The van der Waals surface area contributed by atoms with Gasteiger partial charge in [-0.3, -0.25) is 5.32 Å². The van der Waals surface area contributed by atoms with Crippen LogP contribution in [0.25, 0.3) is 0 Å². The topological polar surface area (TPSA) is 62.1 Å². The maximum absolute atomic E-state index is 11.8. The first kappa shape index (κ1) is 16.2. The lowest BCUT2D eigenvalue weighted by molar-refractivity contribution is 0.155. The molecule has 22 heavy (non-hydrogen) atoms. The average Bonchev–Trinajstić information content (AvgIpc) is 2.50. The smallest absolute Gasteiger partial charge is 0.412 e. The summed E-state index contributed by atoms with van der Waals surface area (Å²) in [6.07, 6.45) is -0.460. The number of nitrogens with one attached hydrogen (secondary N) is 1. The molecule has 0 aliphatic heterocycles. The zero-order chi connectivity index (χ0) is 15.9. The summed E-state index contributed by atoms with van der Waals surface area (Å²) in [7, 11) is 0. The fraction of sp³-hybridized carbons (Fsp3) is 0.125. The van der Waals surface area contributed by atoms with Gasteiger partial charge in [0.1, 0.15) is 6.61 Å². The molecular formula is C16H12Cl2N2O2. The first-order valence-electron chi connectivity index (χ1n) is 6.42. The predicted molar refractivity (Wildman–Crippen MR) is 86.0 cm³/mol. The predicted octanol–water partition coefficient (Wildman–Crippen LogP) is 4.81. The van der Waals surface area contributed by atoms with E-state index >= 15 is 0 Å². The van der Waals surface area contributed by atoms with E-state index in [1.807, 2.05) is 36.4 Å². The number of amides is 1. The van der Waals surface area contributed by atoms with E-state index in [2.05, 4.69) is 5.32 Å². The lowest BCUT2D eigenvalue weighted by Gasteiger charge is -2.11. The molecule has 2 rings (SSSR count). The molecule has 0 heterocycles. The minimum absolute atomic E-state index is 0.147. The van der Waals surface area contributed by atoms with Crippen molar-refractivity contribution < 1.29 is 9.53 Å². The second-order valence-corrected chi connectivity index (χ2v) is 5.27. The van der Waals surface area contributed by atoms with Gasteiger partial charge in [0, 0.05) is 0 Å². The van der Waals surface area contributed by atoms with Crippen molar-refractivity contribution in [3.05, 3.63) is 63.6 Å². The average molecular weight is 335 g/mol. The Labute approximate surface area is 138 Å². The highest BCUT2D eigenvalue weighted by Crippen LogP contribution is 2.32. The third kappa shape index (κ3) is 4.39. The Kier molecular flexibility index (Phi) is 5.65. The molecule has 0 aliphatic rings. The first-order valence-corrected chi connectivity index (χ1v) is 7.18. The fourth-order valence-electron chi connectivity index (χ4n) is 1.80. The number of nitriles is 1. The monoisotopic (exact) mass is 334 g/mol. The summed E-state index contributed by atoms with van der Waals surface area (Å²) in [5, 5.41) is 11.7. The van der Waals surface area contributed by atoms with Gasteiger partial charge in [0.05, 0.1) is 28.2 Å². The summed E-state index contributed by atoms with van der Waals surface area (Å²) < 4.78 is 5.10. The lowest BCUT2D eigenvalue weighted by Crippen LogP contribution is -2.14. The van der Waals surface area contributed by atoms with Gasteiger partial charge in [-0.15, -0.1) is 0 Å². The number of anilines is 1. The summed E-state index contributed by atoms with van der Waals surface area (Å²) in [4.78, 5) is 11.8. The van der Waals surface area contributed by atoms with Crippen LogP contribution in [0.4, 0.5) is 10.5 Å². The number of carbonyl (C=O) groups is 1. The van der Waals surface area contributed by atoms with Crippen LogP contribution in [0.2, 0.25) is 10.0 Å². The highest BCUT2D eigenvalue weighted by atomic mass is 35.5. The van der Waals surface area contributed by atoms with Gasteiger partial charge in [0.25, 0.3) is 0 Å². The first-order chi connectivity index (χ1) is 10.6. The number of carbonyl (C=O) groups excluding carboxylic acids is 1. The number of halogens is 2. The second kappa shape index (κ2) is 7.69. The van der Waals surface area contributed by atoms with Gasteiger partial charge in [0.15, 0.2) is 0 Å². The molecule has 2 aromatic carbocycles. The maximum Gasteiger partial charge on any atom is 0.412 e. The standard InChI is InChI=1S/C16H12Cl2N2O2/c17-13-8-12(6-7-19)9-14(18)15(13)20-16(21)22-10-11-4-2-1-3-5-11/h1-5,8-9H,6,10H2,(H,20,21). The zero-order valence-electron chi connectivity index (χ0n) is 11.5. The number of hydrogen-bond acceptors (Lipinski definition) is 3. The third-order valence-electron chi connectivity index (χ3n) is 2.82. The van der Waals surface area contributed by atoms with Gasteiger partial charge in [0.2, 0.25) is 0 Å². The molecule has 2 aromatic rings. The van der Waals surface area contributed by atoms with Crippen LogP contribution in [-0.2, 0) is 17.8 Å². The van der Waals surface area contributed by atoms with E-state index in [-0.39, 0.29) is 28.8 Å². The third-order valence-corrected chi connectivity index (χ3v) is 3.42. The van der Waals surface area contributed by atoms with E-state index in [1.165, 1.54) is 0 Å². The molecule has 0 aromatic heterocycles. The molecule has 112 valence electrons. The Morgan fingerprint density at radius 2 is 1.77 bits per heavy atom. The minimum atomic E-state index is -0.652. The van der Waals surface area contributed by atoms with Crippen LogP contribution >= 0.6 is 23.2 Å². The molecule has 6 heteroatoms. The van der Waals surface area contributed by atoms with Crippen LogP contribution < -0.4 is 5.32 Å². The van der Waals surface area contributed by atoms with Crippen molar-refractivity contribution in [1.29, 1.82) is 5.26 Å². The zero-order valence-corrected chi connectivity index (χ0v) is 13.0. The Morgan fingerprint density at radius 3 is 2.36 bits per heavy atom. The summed E-state index contributed by atoms with van der Waals surface area (Å²) in [6, 6.07) is 14.5. The molecule has 1 N–H and O–H groups in total. The van der Waals surface area contributed by atoms with Gasteiger partial charge >= 0.3 is 6.09 Å². The number of benzene rings is 2. The number of rotatable bonds is 4. The van der Waals surface area contributed by atoms with Crippen LogP contribution in [0.3, 0.4) is 0 Å². The molecule has 0 aliphatic carbocycles. The highest BCUT2D eigenvalue weighted by molar-refractivity contribution is 6.39. The summed E-state index contributed by atoms with van der Waals surface area (Å²) in [5.41, 5.74) is 1.82. The Bertz CT molecular complexity index is 689. The van der Waals surface area contributed by atoms with E-state index in [9.17, 15) is 4.79 Å². The largest absolute Gasteiger partial charge is 0.444 e. The van der Waals surface area contributed by atoms with Crippen LogP contribution in [0.15, 0.2) is 42.5 Å². The van der Waals surface area contributed by atoms with Crippen molar-refractivity contribution in [2.24, 2.45) is 0 Å². The lowest BCUT2D eigenvalue weighted by atomic mass is 10.1. The molecule has 0 atom stereocenters. The summed E-state index contributed by atoms with van der Waals surface area (Å²) in [6.45, 7) is 0.147. The van der Waals surface area contributed by atoms with Gasteiger partial charge in [-0.2, -0.15) is 5.26 Å². The normalized spacial score (nSPS) is 9.86. The molecule has 0 fully saturated rings. The number of ether oxygens (including phenoxy) is 1. The van der Waals surface area contributed by atoms with Gasteiger partial charge in [-0.1, -0.05) is 53.5 Å². The van der Waals surface area contributed by atoms with Crippen molar-refractivity contribution in [1.82, 2.24) is 0 Å². The van der Waals surface area contributed by atoms with E-state index in [0.29, 0.717) is 5.56 Å². The quantitative estimate of drug-likeness (QED) is 0.872. The molecule has 0 radical (unpaired) electrons. The van der Waals surface area contributed by atoms with Crippen LogP contribution in [0.5, 0.6) is 0 Å². The van der Waals surface area contributed by atoms with Crippen LogP contribution in [0, 0.1) is 11.3 Å². The van der Waals surface area contributed by atoms with Crippen molar-refractivity contribution in [3.63, 3.8) is 0 Å². The molecule has 0 saturated carbocycles. The SMILES string of the molecule is N#CCc1cc(Cl)c(NC(=O)OCc2ccccc2)c(Cl)c1. The molecule has 0 spiro atoms. The van der Waals surface area contributed by atoms with Gasteiger partial charge in [-0.25, -0.2) is 4.79 Å². The van der Waals surface area contributed by atoms with Gasteiger partial charge < -0.3 is 4.74 Å². The van der Waals surface area contributed by atoms with Crippen molar-refractivity contribution in [2.75, 3.05) is 5.32 Å². The van der Waals surface area contributed by atoms with E-state index < -0.39 is 6.09 Å². The van der Waals surface area contributed by atoms with Gasteiger partial charge in [-0.05, 0) is 23.3 Å². The van der Waals surface area contributed by atoms with Crippen LogP contribution in [0.1, 0.15) is 11.1 Å². The fourth-order valence-corrected chi connectivity index (χ4v) is 2.43. The van der Waals surface area contributed by atoms with Crippen LogP contribution in [-0.4, -0.2) is 6.09 Å². The summed E-state index contributed by atoms with van der Waals surface area (Å²) in [5.74, 6) is 0. The second-order valence-electron chi connectivity index (χ2n) is 4.46. The molecule has 1 amide bonds. The molecular weight excluding hydrogens is 323 g/mol. The van der Waals surface area contributed by atoms with Crippen molar-refractivity contribution in [2.45, 2.75) is 13.0 Å². The minimum Gasteiger partial charge on any atom is -0.444 e. The van der Waals surface area contributed by atoms with E-state index in [1.54, 1.807) is 12.1 Å². The molecule has 4 nitrogen and oxygen atoms in total. The molecule has 0 bridgehead atoms. The maximum atomic E-state index is 11.8. The Hall–Kier alpha value is -2.22. The Morgan fingerprint density at radius 1 is 1.14 bits per heavy atom. The summed E-state index contributed by atoms with van der Waals surface area (Å²) >= 11 is 12.1.